The maximum absolute atomic E-state index is 11.7. The first-order valence-electron chi connectivity index (χ1n) is 9.44. The maximum atomic E-state index is 11.7. The van der Waals surface area contributed by atoms with Crippen molar-refractivity contribution in [2.45, 2.75) is 33.2 Å². The number of carboxylic acids is 1. The Bertz CT molecular complexity index is 1000. The Morgan fingerprint density at radius 3 is 2.30 bits per heavy atom. The van der Waals surface area contributed by atoms with Crippen molar-refractivity contribution in [1.82, 2.24) is 4.57 Å². The van der Waals surface area contributed by atoms with Crippen LogP contribution in [0.4, 0.5) is 0 Å². The number of fused-ring (bicyclic) bond motifs is 1. The number of hydrogen-bond donors (Lipinski definition) is 1. The number of aromatic nitrogens is 1. The largest absolute Gasteiger partial charge is 0.481 e. The number of hydrogen-bond acceptors (Lipinski definition) is 1. The zero-order chi connectivity index (χ0) is 19.2. The molecular weight excluding hydrogens is 350 g/mol. The number of aliphatic carboxylic acids is 1. The highest BCUT2D eigenvalue weighted by Crippen LogP contribution is 2.46. The van der Waals surface area contributed by atoms with E-state index in [-0.39, 0.29) is 11.8 Å². The molecule has 0 aliphatic carbocycles. The minimum absolute atomic E-state index is 0.0495. The first-order valence-corrected chi connectivity index (χ1v) is 10.4. The van der Waals surface area contributed by atoms with Gasteiger partial charge in [-0.3, -0.25) is 4.79 Å². The monoisotopic (exact) mass is 375 g/mol. The Morgan fingerprint density at radius 1 is 1.04 bits per heavy atom. The summed E-state index contributed by atoms with van der Waals surface area (Å²) in [6, 6.07) is 19.0. The fourth-order valence-electron chi connectivity index (χ4n) is 4.31. The van der Waals surface area contributed by atoms with E-state index >= 15 is 0 Å². The van der Waals surface area contributed by atoms with Gasteiger partial charge in [0, 0.05) is 39.3 Å². The molecule has 4 heteroatoms. The van der Waals surface area contributed by atoms with Gasteiger partial charge in [-0.15, -0.1) is 0 Å². The number of carboxylic acid groups (broad SMARTS) is 1. The van der Waals surface area contributed by atoms with Crippen LogP contribution in [0, 0.1) is 5.41 Å². The number of rotatable bonds is 4. The lowest BCUT2D eigenvalue weighted by Gasteiger charge is -2.18. The zero-order valence-electron chi connectivity index (χ0n) is 16.1. The molecule has 0 amide bonds. The first-order chi connectivity index (χ1) is 12.9. The third kappa shape index (κ3) is 3.25. The molecule has 1 aliphatic heterocycles. The van der Waals surface area contributed by atoms with Crippen molar-refractivity contribution in [3.8, 4) is 22.3 Å². The van der Waals surface area contributed by atoms with Crippen LogP contribution in [0.2, 0.25) is 0 Å². The van der Waals surface area contributed by atoms with Crippen molar-refractivity contribution in [2.24, 2.45) is 5.41 Å². The van der Waals surface area contributed by atoms with E-state index in [2.05, 4.69) is 66.9 Å². The Balaban J connectivity index is 2.03. The second kappa shape index (κ2) is 6.53. The van der Waals surface area contributed by atoms with Gasteiger partial charge in [0.15, 0.2) is 0 Å². The molecule has 1 aromatic heterocycles. The van der Waals surface area contributed by atoms with Gasteiger partial charge in [0.2, 0.25) is 0 Å². The van der Waals surface area contributed by atoms with Crippen molar-refractivity contribution in [3.05, 3.63) is 66.0 Å². The van der Waals surface area contributed by atoms with E-state index in [9.17, 15) is 9.90 Å². The predicted molar refractivity (Wildman–Crippen MR) is 114 cm³/mol. The van der Waals surface area contributed by atoms with Gasteiger partial charge in [-0.2, -0.15) is 0 Å². The highest BCUT2D eigenvalue weighted by molar-refractivity contribution is 6.32. The normalized spacial score (nSPS) is 15.0. The Kier molecular flexibility index (Phi) is 4.31. The number of carbonyl (C=O) groups is 1. The summed E-state index contributed by atoms with van der Waals surface area (Å²) in [4.78, 5) is 11.7. The molecule has 0 saturated carbocycles. The summed E-state index contributed by atoms with van der Waals surface area (Å²) in [6.45, 7) is 5.38. The molecule has 0 fully saturated rings. The van der Waals surface area contributed by atoms with Crippen molar-refractivity contribution in [2.75, 3.05) is 0 Å². The fourth-order valence-corrected chi connectivity index (χ4v) is 4.64. The smallest absolute Gasteiger partial charge is 0.309 e. The molecule has 2 aromatic carbocycles. The summed E-state index contributed by atoms with van der Waals surface area (Å²) in [5.74, 6) is -0.777. The van der Waals surface area contributed by atoms with E-state index < -0.39 is 5.97 Å². The molecule has 1 aliphatic rings. The number of nitrogens with zero attached hydrogens (tertiary/aromatic N) is 1. The van der Waals surface area contributed by atoms with Gasteiger partial charge >= 0.3 is 5.97 Å². The minimum atomic E-state index is -0.777. The summed E-state index contributed by atoms with van der Waals surface area (Å²) in [5.41, 5.74) is 6.93. The molecule has 1 N–H and O–H groups in total. The SMILES string of the molecule is CC1(C)Cc2c(-c3ccccc3)c(-c3ccc([SiH3])cc3)c(CC(=O)O)n2C1. The van der Waals surface area contributed by atoms with E-state index in [0.717, 1.165) is 40.0 Å². The molecule has 3 nitrogen and oxygen atoms in total. The van der Waals surface area contributed by atoms with Gasteiger partial charge in [-0.1, -0.05) is 73.6 Å². The van der Waals surface area contributed by atoms with Gasteiger partial charge < -0.3 is 9.67 Å². The molecule has 0 bridgehead atoms. The molecule has 3 aromatic rings. The molecule has 0 unspecified atom stereocenters. The quantitative estimate of drug-likeness (QED) is 0.712. The van der Waals surface area contributed by atoms with E-state index in [1.807, 2.05) is 6.07 Å². The molecule has 4 rings (SSSR count). The van der Waals surface area contributed by atoms with Crippen molar-refractivity contribution in [1.29, 1.82) is 0 Å². The van der Waals surface area contributed by atoms with Crippen LogP contribution in [0.15, 0.2) is 54.6 Å². The van der Waals surface area contributed by atoms with Crippen LogP contribution in [-0.2, 0) is 24.2 Å². The Labute approximate surface area is 163 Å². The van der Waals surface area contributed by atoms with Crippen LogP contribution < -0.4 is 5.19 Å². The maximum Gasteiger partial charge on any atom is 0.309 e. The van der Waals surface area contributed by atoms with Crippen LogP contribution >= 0.6 is 0 Å². The van der Waals surface area contributed by atoms with Crippen LogP contribution in [0.25, 0.3) is 22.3 Å². The summed E-state index contributed by atoms with van der Waals surface area (Å²) >= 11 is 0. The van der Waals surface area contributed by atoms with E-state index in [1.54, 1.807) is 0 Å². The molecular formula is C23H25NO2Si. The van der Waals surface area contributed by atoms with Gasteiger partial charge in [0.1, 0.15) is 0 Å². The van der Waals surface area contributed by atoms with Crippen LogP contribution in [0.3, 0.4) is 0 Å². The summed E-state index contributed by atoms with van der Waals surface area (Å²) in [7, 11) is 1.01. The molecule has 2 heterocycles. The molecule has 0 saturated heterocycles. The summed E-state index contributed by atoms with van der Waals surface area (Å²) in [5, 5.41) is 11.0. The van der Waals surface area contributed by atoms with Crippen LogP contribution in [0.1, 0.15) is 25.2 Å². The Hall–Kier alpha value is -2.59. The van der Waals surface area contributed by atoms with E-state index in [1.165, 1.54) is 22.0 Å². The third-order valence-corrected chi connectivity index (χ3v) is 6.10. The Morgan fingerprint density at radius 2 is 1.67 bits per heavy atom. The zero-order valence-corrected chi connectivity index (χ0v) is 18.1. The van der Waals surface area contributed by atoms with Crippen molar-refractivity contribution >= 4 is 21.4 Å². The van der Waals surface area contributed by atoms with E-state index in [0.29, 0.717) is 0 Å². The topological polar surface area (TPSA) is 42.2 Å². The lowest BCUT2D eigenvalue weighted by atomic mass is 9.86. The summed E-state index contributed by atoms with van der Waals surface area (Å²) < 4.78 is 2.28. The minimum Gasteiger partial charge on any atom is -0.481 e. The highest BCUT2D eigenvalue weighted by atomic mass is 28.1. The molecule has 138 valence electrons. The number of benzene rings is 2. The molecule has 0 radical (unpaired) electrons. The van der Waals surface area contributed by atoms with Crippen LogP contribution in [0.5, 0.6) is 0 Å². The van der Waals surface area contributed by atoms with E-state index in [4.69, 9.17) is 0 Å². The lowest BCUT2D eigenvalue weighted by Crippen LogP contribution is -2.15. The van der Waals surface area contributed by atoms with Crippen molar-refractivity contribution in [3.63, 3.8) is 0 Å². The molecule has 27 heavy (non-hydrogen) atoms. The second-order valence-electron chi connectivity index (χ2n) is 8.37. The first kappa shape index (κ1) is 17.8. The average Bonchev–Trinajstić information content (AvgIpc) is 3.07. The van der Waals surface area contributed by atoms with Gasteiger partial charge in [0.05, 0.1) is 6.42 Å². The van der Waals surface area contributed by atoms with Gasteiger partial charge in [-0.25, -0.2) is 0 Å². The van der Waals surface area contributed by atoms with Crippen molar-refractivity contribution < 1.29 is 9.90 Å². The van der Waals surface area contributed by atoms with Gasteiger partial charge in [-0.05, 0) is 23.0 Å². The fraction of sp³-hybridized carbons (Fsp3) is 0.261. The average molecular weight is 376 g/mol. The van der Waals surface area contributed by atoms with Crippen LogP contribution in [-0.4, -0.2) is 25.9 Å². The standard InChI is InChI=1S/C23H25NO2Si/c1-23(2)13-19-22(15-6-4-3-5-7-15)21(16-8-10-17(27)11-9-16)18(12-20(25)26)24(19)14-23/h3-11H,12-14H2,1-2,27H3,(H,25,26). The van der Waals surface area contributed by atoms with Gasteiger partial charge in [0.25, 0.3) is 0 Å². The summed E-state index contributed by atoms with van der Waals surface area (Å²) in [6.07, 6.45) is 1.01. The second-order valence-corrected chi connectivity index (χ2v) is 9.53. The third-order valence-electron chi connectivity index (χ3n) is 5.43. The molecule has 0 atom stereocenters. The predicted octanol–water partition coefficient (Wildman–Crippen LogP) is 3.02. The lowest BCUT2D eigenvalue weighted by molar-refractivity contribution is -0.136. The molecule has 0 spiro atoms. The highest BCUT2D eigenvalue weighted by Gasteiger charge is 2.36.